The number of hydrogen-bond donors (Lipinski definition) is 1. The van der Waals surface area contributed by atoms with Crippen LogP contribution in [-0.4, -0.2) is 46.1 Å². The van der Waals surface area contributed by atoms with Crippen molar-refractivity contribution in [3.8, 4) is 0 Å². The van der Waals surface area contributed by atoms with E-state index in [2.05, 4.69) is 11.8 Å². The van der Waals surface area contributed by atoms with E-state index >= 15 is 0 Å². The van der Waals surface area contributed by atoms with E-state index in [4.69, 9.17) is 5.11 Å². The summed E-state index contributed by atoms with van der Waals surface area (Å²) in [6.45, 7) is 3.37. The Kier molecular flexibility index (Phi) is 5.37. The molecule has 0 aromatic rings. The summed E-state index contributed by atoms with van der Waals surface area (Å²) in [5.74, 6) is 2.39. The molecule has 3 unspecified atom stereocenters. The van der Waals surface area contributed by atoms with Crippen LogP contribution in [0.3, 0.4) is 0 Å². The summed E-state index contributed by atoms with van der Waals surface area (Å²) in [6, 6.07) is 0.913. The van der Waals surface area contributed by atoms with Crippen LogP contribution in [0.4, 0.5) is 0 Å². The van der Waals surface area contributed by atoms with Crippen LogP contribution in [0.1, 0.15) is 45.4 Å². The Hall–Kier alpha value is -0.220. The lowest BCUT2D eigenvalue weighted by Gasteiger charge is -2.43. The largest absolute Gasteiger partial charge is 0.481 e. The number of thioether (sulfide) groups is 1. The first-order chi connectivity index (χ1) is 8.70. The van der Waals surface area contributed by atoms with Crippen molar-refractivity contribution in [1.82, 2.24) is 4.90 Å². The minimum atomic E-state index is -0.643. The molecule has 0 bridgehead atoms. The van der Waals surface area contributed by atoms with Crippen LogP contribution in [0.5, 0.6) is 0 Å². The smallest absolute Gasteiger partial charge is 0.304 e. The summed E-state index contributed by atoms with van der Waals surface area (Å²) in [4.78, 5) is 13.5. The van der Waals surface area contributed by atoms with Crippen LogP contribution in [0, 0.1) is 5.92 Å². The molecule has 2 aliphatic rings. The number of aliphatic carboxylic acids is 1. The fourth-order valence-electron chi connectivity index (χ4n) is 3.46. The standard InChI is InChI=1S/C14H25NO2S/c1-2-11-4-3-5-12(8-11)15-6-7-18-10-13(15)9-14(16)17/h11-13H,2-10H2,1H3,(H,16,17). The molecule has 1 aliphatic heterocycles. The first-order valence-electron chi connectivity index (χ1n) is 7.26. The molecule has 1 saturated carbocycles. The van der Waals surface area contributed by atoms with Crippen molar-refractivity contribution in [2.75, 3.05) is 18.1 Å². The maximum absolute atomic E-state index is 11.0. The van der Waals surface area contributed by atoms with Gasteiger partial charge in [0.05, 0.1) is 6.42 Å². The molecular formula is C14H25NO2S. The summed E-state index contributed by atoms with van der Waals surface area (Å²) < 4.78 is 0. The van der Waals surface area contributed by atoms with Crippen LogP contribution in [0.2, 0.25) is 0 Å². The van der Waals surface area contributed by atoms with Gasteiger partial charge < -0.3 is 5.11 Å². The Bertz CT molecular complexity index is 285. The molecule has 0 aromatic carbocycles. The van der Waals surface area contributed by atoms with E-state index in [0.717, 1.165) is 18.2 Å². The summed E-state index contributed by atoms with van der Waals surface area (Å²) >= 11 is 1.91. The number of nitrogens with zero attached hydrogens (tertiary/aromatic N) is 1. The van der Waals surface area contributed by atoms with Crippen molar-refractivity contribution in [1.29, 1.82) is 0 Å². The van der Waals surface area contributed by atoms with E-state index in [9.17, 15) is 4.79 Å². The minimum absolute atomic E-state index is 0.266. The number of carboxylic acid groups (broad SMARTS) is 1. The zero-order chi connectivity index (χ0) is 13.0. The molecule has 1 heterocycles. The molecule has 104 valence electrons. The fourth-order valence-corrected chi connectivity index (χ4v) is 4.55. The Morgan fingerprint density at radius 3 is 3.00 bits per heavy atom. The van der Waals surface area contributed by atoms with Crippen molar-refractivity contribution in [2.45, 2.75) is 57.5 Å². The monoisotopic (exact) mass is 271 g/mol. The van der Waals surface area contributed by atoms with E-state index in [1.807, 2.05) is 11.8 Å². The zero-order valence-corrected chi connectivity index (χ0v) is 12.1. The highest BCUT2D eigenvalue weighted by molar-refractivity contribution is 7.99. The van der Waals surface area contributed by atoms with Crippen LogP contribution >= 0.6 is 11.8 Å². The van der Waals surface area contributed by atoms with E-state index in [1.54, 1.807) is 0 Å². The van der Waals surface area contributed by atoms with Gasteiger partial charge >= 0.3 is 5.97 Å². The zero-order valence-electron chi connectivity index (χ0n) is 11.3. The molecule has 2 rings (SSSR count). The Morgan fingerprint density at radius 2 is 2.28 bits per heavy atom. The molecule has 3 atom stereocenters. The molecule has 3 nitrogen and oxygen atoms in total. The average Bonchev–Trinajstić information content (AvgIpc) is 2.39. The van der Waals surface area contributed by atoms with Crippen molar-refractivity contribution in [3.05, 3.63) is 0 Å². The van der Waals surface area contributed by atoms with Gasteiger partial charge in [0.2, 0.25) is 0 Å². The number of carboxylic acids is 1. The molecule has 0 spiro atoms. The molecule has 1 saturated heterocycles. The average molecular weight is 271 g/mol. The van der Waals surface area contributed by atoms with Crippen LogP contribution < -0.4 is 0 Å². The van der Waals surface area contributed by atoms with E-state index in [-0.39, 0.29) is 6.04 Å². The third-order valence-corrected chi connectivity index (χ3v) is 5.58. The van der Waals surface area contributed by atoms with Gasteiger partial charge in [-0.2, -0.15) is 11.8 Å². The second-order valence-electron chi connectivity index (χ2n) is 5.66. The van der Waals surface area contributed by atoms with Crippen molar-refractivity contribution in [2.24, 2.45) is 5.92 Å². The Balaban J connectivity index is 1.96. The molecular weight excluding hydrogens is 246 g/mol. The van der Waals surface area contributed by atoms with Crippen LogP contribution in [0.15, 0.2) is 0 Å². The van der Waals surface area contributed by atoms with Crippen molar-refractivity contribution >= 4 is 17.7 Å². The Labute approximate surface area is 114 Å². The number of hydrogen-bond acceptors (Lipinski definition) is 3. The lowest BCUT2D eigenvalue weighted by molar-refractivity contribution is -0.138. The van der Waals surface area contributed by atoms with E-state index in [1.165, 1.54) is 37.9 Å². The maximum atomic E-state index is 11.0. The number of carbonyl (C=O) groups is 1. The molecule has 1 aliphatic carbocycles. The van der Waals surface area contributed by atoms with Gasteiger partial charge in [-0.05, 0) is 18.8 Å². The van der Waals surface area contributed by atoms with E-state index in [0.29, 0.717) is 12.5 Å². The number of rotatable bonds is 4. The molecule has 1 N–H and O–H groups in total. The molecule has 18 heavy (non-hydrogen) atoms. The van der Waals surface area contributed by atoms with Gasteiger partial charge in [0.15, 0.2) is 0 Å². The van der Waals surface area contributed by atoms with Crippen LogP contribution in [0.25, 0.3) is 0 Å². The fraction of sp³-hybridized carbons (Fsp3) is 0.929. The van der Waals surface area contributed by atoms with E-state index < -0.39 is 5.97 Å². The summed E-state index contributed by atoms with van der Waals surface area (Å²) in [5, 5.41) is 9.04. The van der Waals surface area contributed by atoms with Gasteiger partial charge in [-0.1, -0.05) is 26.2 Å². The lowest BCUT2D eigenvalue weighted by atomic mass is 9.83. The van der Waals surface area contributed by atoms with Gasteiger partial charge in [0.1, 0.15) is 0 Å². The van der Waals surface area contributed by atoms with Gasteiger partial charge in [-0.3, -0.25) is 9.69 Å². The first kappa shape index (κ1) is 14.2. The SMILES string of the molecule is CCC1CCCC(N2CCSCC2CC(=O)O)C1. The second kappa shape index (κ2) is 6.80. The van der Waals surface area contributed by atoms with Crippen molar-refractivity contribution in [3.63, 3.8) is 0 Å². The summed E-state index contributed by atoms with van der Waals surface area (Å²) in [6.07, 6.45) is 6.86. The molecule has 0 amide bonds. The maximum Gasteiger partial charge on any atom is 0.304 e. The second-order valence-corrected chi connectivity index (χ2v) is 6.81. The molecule has 0 aromatic heterocycles. The topological polar surface area (TPSA) is 40.5 Å². The lowest BCUT2D eigenvalue weighted by Crippen LogP contribution is -2.50. The predicted octanol–water partition coefficient (Wildman–Crippen LogP) is 2.85. The quantitative estimate of drug-likeness (QED) is 0.853. The molecule has 4 heteroatoms. The minimum Gasteiger partial charge on any atom is -0.481 e. The normalized spacial score (nSPS) is 34.4. The highest BCUT2D eigenvalue weighted by Gasteiger charge is 2.33. The third kappa shape index (κ3) is 3.64. The molecule has 0 radical (unpaired) electrons. The first-order valence-corrected chi connectivity index (χ1v) is 8.41. The van der Waals surface area contributed by atoms with Crippen molar-refractivity contribution < 1.29 is 9.90 Å². The van der Waals surface area contributed by atoms with Gasteiger partial charge in [0, 0.05) is 30.1 Å². The molecule has 2 fully saturated rings. The third-order valence-electron chi connectivity index (χ3n) is 4.48. The highest BCUT2D eigenvalue weighted by atomic mass is 32.2. The summed E-state index contributed by atoms with van der Waals surface area (Å²) in [5.41, 5.74) is 0. The van der Waals surface area contributed by atoms with Gasteiger partial charge in [-0.15, -0.1) is 0 Å². The van der Waals surface area contributed by atoms with Gasteiger partial charge in [-0.25, -0.2) is 0 Å². The highest BCUT2D eigenvalue weighted by Crippen LogP contribution is 2.33. The predicted molar refractivity (Wildman–Crippen MR) is 76.1 cm³/mol. The van der Waals surface area contributed by atoms with Crippen LogP contribution in [-0.2, 0) is 4.79 Å². The van der Waals surface area contributed by atoms with Gasteiger partial charge in [0.25, 0.3) is 0 Å². The Morgan fingerprint density at radius 1 is 1.44 bits per heavy atom. The summed E-state index contributed by atoms with van der Waals surface area (Å²) in [7, 11) is 0.